The van der Waals surface area contributed by atoms with E-state index in [-0.39, 0.29) is 25.5 Å². The highest BCUT2D eigenvalue weighted by Gasteiger charge is 2.20. The SMILES string of the molecule is CCCCOc1ccc(C(=O)NCC(=O)NC(CC(=O)OCC)c2cccc(OC)c2)cc1. The highest BCUT2D eigenvalue weighted by atomic mass is 16.5. The number of rotatable bonds is 13. The molecule has 33 heavy (non-hydrogen) atoms. The maximum atomic E-state index is 12.5. The van der Waals surface area contributed by atoms with Gasteiger partial charge in [0.15, 0.2) is 0 Å². The van der Waals surface area contributed by atoms with Gasteiger partial charge < -0.3 is 24.8 Å². The van der Waals surface area contributed by atoms with Crippen LogP contribution in [0.25, 0.3) is 0 Å². The summed E-state index contributed by atoms with van der Waals surface area (Å²) < 4.78 is 15.8. The number of unbranched alkanes of at least 4 members (excludes halogenated alkanes) is 1. The Morgan fingerprint density at radius 2 is 1.76 bits per heavy atom. The lowest BCUT2D eigenvalue weighted by Gasteiger charge is -2.19. The molecule has 1 atom stereocenters. The Morgan fingerprint density at radius 1 is 1.00 bits per heavy atom. The average molecular weight is 457 g/mol. The predicted octanol–water partition coefficient (Wildman–Crippen LogP) is 3.41. The molecule has 2 rings (SSSR count). The van der Waals surface area contributed by atoms with Gasteiger partial charge in [-0.05, 0) is 55.3 Å². The predicted molar refractivity (Wildman–Crippen MR) is 124 cm³/mol. The summed E-state index contributed by atoms with van der Waals surface area (Å²) in [7, 11) is 1.54. The first-order valence-corrected chi connectivity index (χ1v) is 11.1. The van der Waals surface area contributed by atoms with Gasteiger partial charge in [0, 0.05) is 5.56 Å². The largest absolute Gasteiger partial charge is 0.497 e. The second kappa shape index (κ2) is 13.8. The fraction of sp³-hybridized carbons (Fsp3) is 0.400. The van der Waals surface area contributed by atoms with Crippen molar-refractivity contribution in [1.82, 2.24) is 10.6 Å². The van der Waals surface area contributed by atoms with Crippen LogP contribution in [0.1, 0.15) is 55.1 Å². The van der Waals surface area contributed by atoms with E-state index in [4.69, 9.17) is 14.2 Å². The Hall–Kier alpha value is -3.55. The maximum Gasteiger partial charge on any atom is 0.308 e. The number of methoxy groups -OCH3 is 1. The van der Waals surface area contributed by atoms with Crippen LogP contribution in [-0.2, 0) is 14.3 Å². The van der Waals surface area contributed by atoms with Gasteiger partial charge in [-0.25, -0.2) is 0 Å². The van der Waals surface area contributed by atoms with E-state index in [2.05, 4.69) is 17.6 Å². The summed E-state index contributed by atoms with van der Waals surface area (Å²) in [6.45, 7) is 4.44. The highest BCUT2D eigenvalue weighted by molar-refractivity contribution is 5.96. The molecule has 0 fully saturated rings. The van der Waals surface area contributed by atoms with Gasteiger partial charge >= 0.3 is 5.97 Å². The van der Waals surface area contributed by atoms with Crippen LogP contribution in [0.2, 0.25) is 0 Å². The van der Waals surface area contributed by atoms with E-state index in [1.807, 2.05) is 0 Å². The smallest absolute Gasteiger partial charge is 0.308 e. The maximum absolute atomic E-state index is 12.5. The molecule has 0 spiro atoms. The van der Waals surface area contributed by atoms with Gasteiger partial charge in [0.05, 0.1) is 39.3 Å². The van der Waals surface area contributed by atoms with Gasteiger partial charge in [-0.15, -0.1) is 0 Å². The summed E-state index contributed by atoms with van der Waals surface area (Å²) in [5.74, 6) is 0.0494. The van der Waals surface area contributed by atoms with Crippen LogP contribution in [-0.4, -0.2) is 44.7 Å². The molecule has 2 N–H and O–H groups in total. The van der Waals surface area contributed by atoms with Gasteiger partial charge in [-0.2, -0.15) is 0 Å². The van der Waals surface area contributed by atoms with Crippen LogP contribution in [0.15, 0.2) is 48.5 Å². The zero-order chi connectivity index (χ0) is 24.1. The molecule has 0 bridgehead atoms. The Morgan fingerprint density at radius 3 is 2.42 bits per heavy atom. The van der Waals surface area contributed by atoms with E-state index in [9.17, 15) is 14.4 Å². The molecule has 2 amide bonds. The number of amides is 2. The van der Waals surface area contributed by atoms with Gasteiger partial charge in [-0.3, -0.25) is 14.4 Å². The first-order valence-electron chi connectivity index (χ1n) is 11.1. The number of benzene rings is 2. The number of hydrogen-bond acceptors (Lipinski definition) is 6. The quantitative estimate of drug-likeness (QED) is 0.354. The summed E-state index contributed by atoms with van der Waals surface area (Å²) in [6.07, 6.45) is 1.96. The highest BCUT2D eigenvalue weighted by Crippen LogP contribution is 2.22. The number of carbonyl (C=O) groups is 3. The second-order valence-electron chi connectivity index (χ2n) is 7.31. The Kier molecular flexibility index (Phi) is 10.7. The molecule has 8 heteroatoms. The van der Waals surface area contributed by atoms with Crippen LogP contribution in [0.5, 0.6) is 11.5 Å². The molecule has 2 aromatic carbocycles. The van der Waals surface area contributed by atoms with E-state index in [1.54, 1.807) is 55.5 Å². The summed E-state index contributed by atoms with van der Waals surface area (Å²) in [5, 5.41) is 5.38. The molecule has 0 aliphatic rings. The second-order valence-corrected chi connectivity index (χ2v) is 7.31. The number of carbonyl (C=O) groups excluding carboxylic acids is 3. The zero-order valence-corrected chi connectivity index (χ0v) is 19.4. The van der Waals surface area contributed by atoms with Gasteiger partial charge in [-0.1, -0.05) is 25.5 Å². The molecule has 0 saturated heterocycles. The molecular weight excluding hydrogens is 424 g/mol. The minimum atomic E-state index is -0.622. The molecule has 8 nitrogen and oxygen atoms in total. The lowest BCUT2D eigenvalue weighted by molar-refractivity contribution is -0.143. The van der Waals surface area contributed by atoms with Crippen LogP contribution in [0.3, 0.4) is 0 Å². The van der Waals surface area contributed by atoms with Crippen molar-refractivity contribution in [3.63, 3.8) is 0 Å². The van der Waals surface area contributed by atoms with Crippen molar-refractivity contribution in [2.75, 3.05) is 26.9 Å². The fourth-order valence-electron chi connectivity index (χ4n) is 3.04. The molecule has 0 heterocycles. The topological polar surface area (TPSA) is 103 Å². The van der Waals surface area contributed by atoms with Crippen molar-refractivity contribution >= 4 is 17.8 Å². The monoisotopic (exact) mass is 456 g/mol. The molecule has 0 aliphatic heterocycles. The third-order valence-electron chi connectivity index (χ3n) is 4.80. The molecule has 1 unspecified atom stereocenters. The van der Waals surface area contributed by atoms with Crippen molar-refractivity contribution in [2.24, 2.45) is 0 Å². The minimum absolute atomic E-state index is 0.0415. The molecule has 178 valence electrons. The molecule has 2 aromatic rings. The van der Waals surface area contributed by atoms with Crippen molar-refractivity contribution in [3.05, 3.63) is 59.7 Å². The van der Waals surface area contributed by atoms with Gasteiger partial charge in [0.1, 0.15) is 11.5 Å². The third-order valence-corrected chi connectivity index (χ3v) is 4.80. The normalized spacial score (nSPS) is 11.2. The van der Waals surface area contributed by atoms with Crippen molar-refractivity contribution in [1.29, 1.82) is 0 Å². The standard InChI is InChI=1S/C25H32N2O6/c1-4-6-14-33-20-12-10-18(11-13-20)25(30)26-17-23(28)27-22(16-24(29)32-5-2)19-8-7-9-21(15-19)31-3/h7-13,15,22H,4-6,14,16-17H2,1-3H3,(H,26,30)(H,27,28). The third kappa shape index (κ3) is 8.84. The van der Waals surface area contributed by atoms with E-state index >= 15 is 0 Å². The van der Waals surface area contributed by atoms with Crippen LogP contribution >= 0.6 is 0 Å². The van der Waals surface area contributed by atoms with E-state index in [1.165, 1.54) is 7.11 Å². The van der Waals surface area contributed by atoms with Gasteiger partial charge in [0.2, 0.25) is 5.91 Å². The molecule has 0 aromatic heterocycles. The van der Waals surface area contributed by atoms with Crippen LogP contribution < -0.4 is 20.1 Å². The van der Waals surface area contributed by atoms with E-state index in [0.29, 0.717) is 29.2 Å². The van der Waals surface area contributed by atoms with Crippen molar-refractivity contribution in [3.8, 4) is 11.5 Å². The number of nitrogens with one attached hydrogen (secondary N) is 2. The molecule has 0 aliphatic carbocycles. The van der Waals surface area contributed by atoms with E-state index in [0.717, 1.165) is 12.8 Å². The number of esters is 1. The Balaban J connectivity index is 1.95. The van der Waals surface area contributed by atoms with Crippen molar-refractivity contribution in [2.45, 2.75) is 39.2 Å². The molecule has 0 saturated carbocycles. The van der Waals surface area contributed by atoms with E-state index < -0.39 is 17.9 Å². The number of hydrogen-bond donors (Lipinski definition) is 2. The van der Waals surface area contributed by atoms with Crippen LogP contribution in [0, 0.1) is 0 Å². The average Bonchev–Trinajstić information content (AvgIpc) is 2.83. The Labute approximate surface area is 194 Å². The van der Waals surface area contributed by atoms with Crippen LogP contribution in [0.4, 0.5) is 0 Å². The Bertz CT molecular complexity index is 913. The minimum Gasteiger partial charge on any atom is -0.497 e. The summed E-state index contributed by atoms with van der Waals surface area (Å²) >= 11 is 0. The number of ether oxygens (including phenoxy) is 3. The zero-order valence-electron chi connectivity index (χ0n) is 19.4. The van der Waals surface area contributed by atoms with Crippen molar-refractivity contribution < 1.29 is 28.6 Å². The molecule has 0 radical (unpaired) electrons. The van der Waals surface area contributed by atoms with Gasteiger partial charge in [0.25, 0.3) is 5.91 Å². The summed E-state index contributed by atoms with van der Waals surface area (Å²) in [6, 6.07) is 13.2. The first kappa shape index (κ1) is 25.7. The molecular formula is C25H32N2O6. The lowest BCUT2D eigenvalue weighted by Crippen LogP contribution is -2.39. The first-order chi connectivity index (χ1) is 16.0. The fourth-order valence-corrected chi connectivity index (χ4v) is 3.04. The summed E-state index contributed by atoms with van der Waals surface area (Å²) in [4.78, 5) is 37.0. The summed E-state index contributed by atoms with van der Waals surface area (Å²) in [5.41, 5.74) is 1.11. The lowest BCUT2D eigenvalue weighted by atomic mass is 10.0.